The number of hydrogen-bond acceptors (Lipinski definition) is 2. The number of para-hydroxylation sites is 1. The molecule has 3 aromatic rings. The summed E-state index contributed by atoms with van der Waals surface area (Å²) in [6, 6.07) is 11.6. The summed E-state index contributed by atoms with van der Waals surface area (Å²) >= 11 is 9.46. The van der Waals surface area contributed by atoms with Crippen molar-refractivity contribution in [3.05, 3.63) is 51.5 Å². The van der Waals surface area contributed by atoms with Gasteiger partial charge < -0.3 is 10.7 Å². The van der Waals surface area contributed by atoms with Crippen LogP contribution in [0.4, 0.5) is 0 Å². The van der Waals surface area contributed by atoms with Crippen LogP contribution in [-0.2, 0) is 6.54 Å². The van der Waals surface area contributed by atoms with Crippen LogP contribution in [0.2, 0.25) is 5.02 Å². The maximum atomic E-state index is 5.95. The summed E-state index contributed by atoms with van der Waals surface area (Å²) in [7, 11) is 0. The Morgan fingerprint density at radius 3 is 2.84 bits per heavy atom. The van der Waals surface area contributed by atoms with Crippen LogP contribution < -0.4 is 5.73 Å². The molecule has 0 spiro atoms. The van der Waals surface area contributed by atoms with E-state index in [1.165, 1.54) is 0 Å². The zero-order valence-corrected chi connectivity index (χ0v) is 12.3. The third-order valence-corrected chi connectivity index (χ3v) is 3.89. The summed E-state index contributed by atoms with van der Waals surface area (Å²) in [4.78, 5) is 7.94. The van der Waals surface area contributed by atoms with Crippen molar-refractivity contribution in [2.75, 3.05) is 0 Å². The van der Waals surface area contributed by atoms with Gasteiger partial charge in [-0.25, -0.2) is 4.98 Å². The van der Waals surface area contributed by atoms with E-state index >= 15 is 0 Å². The first-order valence-corrected chi connectivity index (χ1v) is 6.99. The lowest BCUT2D eigenvalue weighted by Gasteiger charge is -2.00. The lowest BCUT2D eigenvalue weighted by atomic mass is 10.2. The molecule has 0 aliphatic carbocycles. The van der Waals surface area contributed by atoms with Crippen molar-refractivity contribution in [2.45, 2.75) is 6.54 Å². The van der Waals surface area contributed by atoms with E-state index in [0.717, 1.165) is 32.5 Å². The van der Waals surface area contributed by atoms with Gasteiger partial charge in [0.05, 0.1) is 11.0 Å². The van der Waals surface area contributed by atoms with Crippen molar-refractivity contribution in [1.82, 2.24) is 9.97 Å². The SMILES string of the molecule is NCc1cccc2[nH]c(-c3ccc(Cl)cc3Br)nc12. The third kappa shape index (κ3) is 2.27. The lowest BCUT2D eigenvalue weighted by Crippen LogP contribution is -1.96. The largest absolute Gasteiger partial charge is 0.338 e. The molecule has 1 heterocycles. The summed E-state index contributed by atoms with van der Waals surface area (Å²) in [5.74, 6) is 0.805. The van der Waals surface area contributed by atoms with Crippen molar-refractivity contribution in [3.63, 3.8) is 0 Å². The molecule has 96 valence electrons. The smallest absolute Gasteiger partial charge is 0.139 e. The quantitative estimate of drug-likeness (QED) is 0.740. The third-order valence-electron chi connectivity index (χ3n) is 3.00. The minimum absolute atomic E-state index is 0.476. The van der Waals surface area contributed by atoms with Gasteiger partial charge in [-0.05, 0) is 45.8 Å². The van der Waals surface area contributed by atoms with E-state index in [-0.39, 0.29) is 0 Å². The number of aromatic nitrogens is 2. The van der Waals surface area contributed by atoms with Gasteiger partial charge in [-0.3, -0.25) is 0 Å². The molecule has 0 bridgehead atoms. The summed E-state index contributed by atoms with van der Waals surface area (Å²) in [6.07, 6.45) is 0. The Kier molecular flexibility index (Phi) is 3.31. The van der Waals surface area contributed by atoms with Crippen LogP contribution in [0.15, 0.2) is 40.9 Å². The molecule has 0 amide bonds. The molecule has 3 rings (SSSR count). The number of nitrogens with zero attached hydrogens (tertiary/aromatic N) is 1. The first-order valence-electron chi connectivity index (χ1n) is 5.82. The zero-order valence-electron chi connectivity index (χ0n) is 9.95. The molecule has 0 saturated carbocycles. The number of imidazole rings is 1. The number of rotatable bonds is 2. The van der Waals surface area contributed by atoms with E-state index in [2.05, 4.69) is 25.9 Å². The molecule has 0 atom stereocenters. The van der Waals surface area contributed by atoms with Gasteiger partial charge in [-0.1, -0.05) is 23.7 Å². The van der Waals surface area contributed by atoms with Crippen LogP contribution in [0, 0.1) is 0 Å². The second-order valence-corrected chi connectivity index (χ2v) is 5.52. The maximum Gasteiger partial charge on any atom is 0.139 e. The molecule has 2 aromatic carbocycles. The maximum absolute atomic E-state index is 5.95. The molecule has 0 saturated heterocycles. The molecular weight excluding hydrogens is 326 g/mol. The van der Waals surface area contributed by atoms with E-state index in [1.807, 2.05) is 36.4 Å². The average molecular weight is 337 g/mol. The molecular formula is C14H11BrClN3. The minimum atomic E-state index is 0.476. The van der Waals surface area contributed by atoms with Crippen LogP contribution in [0.5, 0.6) is 0 Å². The van der Waals surface area contributed by atoms with Gasteiger partial charge in [0.2, 0.25) is 0 Å². The summed E-state index contributed by atoms with van der Waals surface area (Å²) in [5, 5.41) is 0.689. The van der Waals surface area contributed by atoms with Crippen LogP contribution in [0.3, 0.4) is 0 Å². The van der Waals surface area contributed by atoms with Crippen LogP contribution in [-0.4, -0.2) is 9.97 Å². The van der Waals surface area contributed by atoms with E-state index in [1.54, 1.807) is 0 Å². The first kappa shape index (κ1) is 12.7. The van der Waals surface area contributed by atoms with Gasteiger partial charge >= 0.3 is 0 Å². The highest BCUT2D eigenvalue weighted by Gasteiger charge is 2.10. The van der Waals surface area contributed by atoms with Gasteiger partial charge in [0.15, 0.2) is 0 Å². The van der Waals surface area contributed by atoms with E-state index < -0.39 is 0 Å². The predicted molar refractivity (Wildman–Crippen MR) is 82.1 cm³/mol. The number of fused-ring (bicyclic) bond motifs is 1. The van der Waals surface area contributed by atoms with Crippen LogP contribution in [0.1, 0.15) is 5.56 Å². The van der Waals surface area contributed by atoms with E-state index in [0.29, 0.717) is 11.6 Å². The van der Waals surface area contributed by atoms with E-state index in [4.69, 9.17) is 17.3 Å². The minimum Gasteiger partial charge on any atom is -0.338 e. The van der Waals surface area contributed by atoms with Crippen molar-refractivity contribution in [3.8, 4) is 11.4 Å². The number of aromatic amines is 1. The molecule has 19 heavy (non-hydrogen) atoms. The topological polar surface area (TPSA) is 54.7 Å². The monoisotopic (exact) mass is 335 g/mol. The van der Waals surface area contributed by atoms with Crippen molar-refractivity contribution in [2.24, 2.45) is 5.73 Å². The zero-order chi connectivity index (χ0) is 13.4. The Bertz CT molecular complexity index is 752. The molecule has 0 aliphatic rings. The highest BCUT2D eigenvalue weighted by Crippen LogP contribution is 2.30. The van der Waals surface area contributed by atoms with Crippen molar-refractivity contribution < 1.29 is 0 Å². The van der Waals surface area contributed by atoms with Crippen LogP contribution >= 0.6 is 27.5 Å². The summed E-state index contributed by atoms with van der Waals surface area (Å²) < 4.78 is 0.911. The van der Waals surface area contributed by atoms with Gasteiger partial charge in [0.1, 0.15) is 5.82 Å². The molecule has 3 N–H and O–H groups in total. The fourth-order valence-corrected chi connectivity index (χ4v) is 2.94. The Labute approximate surface area is 123 Å². The molecule has 3 nitrogen and oxygen atoms in total. The number of halogens is 2. The molecule has 5 heteroatoms. The molecule has 0 fully saturated rings. The Balaban J connectivity index is 2.20. The average Bonchev–Trinajstić information content (AvgIpc) is 2.81. The second kappa shape index (κ2) is 4.96. The van der Waals surface area contributed by atoms with Gasteiger partial charge in [-0.15, -0.1) is 0 Å². The summed E-state index contributed by atoms with van der Waals surface area (Å²) in [6.45, 7) is 0.476. The molecule has 0 aliphatic heterocycles. The highest BCUT2D eigenvalue weighted by atomic mass is 79.9. The normalized spacial score (nSPS) is 11.1. The van der Waals surface area contributed by atoms with Crippen molar-refractivity contribution in [1.29, 1.82) is 0 Å². The van der Waals surface area contributed by atoms with Gasteiger partial charge in [-0.2, -0.15) is 0 Å². The Morgan fingerprint density at radius 2 is 2.11 bits per heavy atom. The standard InChI is InChI=1S/C14H11BrClN3/c15-11-6-9(16)4-5-10(11)14-18-12-3-1-2-8(7-17)13(12)19-14/h1-6H,7,17H2,(H,18,19). The van der Waals surface area contributed by atoms with E-state index in [9.17, 15) is 0 Å². The number of H-pyrrole nitrogens is 1. The molecule has 1 aromatic heterocycles. The van der Waals surface area contributed by atoms with Gasteiger partial charge in [0, 0.05) is 21.6 Å². The van der Waals surface area contributed by atoms with Gasteiger partial charge in [0.25, 0.3) is 0 Å². The summed E-state index contributed by atoms with van der Waals surface area (Å²) in [5.41, 5.74) is 9.65. The lowest BCUT2D eigenvalue weighted by molar-refractivity contribution is 1.08. The number of nitrogens with one attached hydrogen (secondary N) is 1. The number of benzene rings is 2. The second-order valence-electron chi connectivity index (χ2n) is 4.23. The fraction of sp³-hybridized carbons (Fsp3) is 0.0714. The Hall–Kier alpha value is -1.36. The molecule has 0 unspecified atom stereocenters. The first-order chi connectivity index (χ1) is 9.19. The highest BCUT2D eigenvalue weighted by molar-refractivity contribution is 9.10. The fourth-order valence-electron chi connectivity index (χ4n) is 2.07. The molecule has 0 radical (unpaired) electrons. The number of hydrogen-bond donors (Lipinski definition) is 2. The van der Waals surface area contributed by atoms with Crippen molar-refractivity contribution >= 4 is 38.6 Å². The Morgan fingerprint density at radius 1 is 1.26 bits per heavy atom. The number of nitrogens with two attached hydrogens (primary N) is 1. The predicted octanol–water partition coefficient (Wildman–Crippen LogP) is 4.10. The van der Waals surface area contributed by atoms with Crippen LogP contribution in [0.25, 0.3) is 22.4 Å².